The molecule has 0 saturated heterocycles. The summed E-state index contributed by atoms with van der Waals surface area (Å²) in [7, 11) is 3.58. The third kappa shape index (κ3) is 2.68. The second-order valence-corrected chi connectivity index (χ2v) is 4.08. The Labute approximate surface area is 107 Å². The fourth-order valence-electron chi connectivity index (χ4n) is 1.93. The summed E-state index contributed by atoms with van der Waals surface area (Å²) >= 11 is 0. The number of ether oxygens (including phenoxy) is 1. The Hall–Kier alpha value is -1.88. The first-order valence-electron chi connectivity index (χ1n) is 5.95. The summed E-state index contributed by atoms with van der Waals surface area (Å²) in [6, 6.07) is 8.02. The van der Waals surface area contributed by atoms with E-state index in [1.54, 1.807) is 11.8 Å². The van der Waals surface area contributed by atoms with Crippen molar-refractivity contribution in [3.63, 3.8) is 0 Å². The molecular formula is C13H18N4O. The lowest BCUT2D eigenvalue weighted by Crippen LogP contribution is -2.02. The molecule has 1 heterocycles. The van der Waals surface area contributed by atoms with E-state index in [9.17, 15) is 0 Å². The van der Waals surface area contributed by atoms with E-state index in [1.165, 1.54) is 5.56 Å². The Morgan fingerprint density at radius 1 is 1.28 bits per heavy atom. The number of para-hydroxylation sites is 1. The average molecular weight is 246 g/mol. The van der Waals surface area contributed by atoms with E-state index in [4.69, 9.17) is 10.5 Å². The second kappa shape index (κ2) is 5.64. The standard InChI is InChI=1S/C13H18N4O/c1-17-13(15-12(9-14)16-17)8-7-10-5-3-4-6-11(10)18-2/h3-6H,7-9,14H2,1-2H3. The summed E-state index contributed by atoms with van der Waals surface area (Å²) in [6.07, 6.45) is 1.70. The first-order valence-corrected chi connectivity index (χ1v) is 5.95. The van der Waals surface area contributed by atoms with E-state index in [-0.39, 0.29) is 0 Å². The van der Waals surface area contributed by atoms with Crippen molar-refractivity contribution in [3.8, 4) is 5.75 Å². The molecule has 0 atom stereocenters. The molecule has 0 aliphatic rings. The van der Waals surface area contributed by atoms with E-state index in [0.29, 0.717) is 12.4 Å². The van der Waals surface area contributed by atoms with Crippen LogP contribution in [0.25, 0.3) is 0 Å². The Kier molecular flexibility index (Phi) is 3.94. The number of rotatable bonds is 5. The summed E-state index contributed by atoms with van der Waals surface area (Å²) in [6.45, 7) is 0.377. The highest BCUT2D eigenvalue weighted by Gasteiger charge is 2.08. The van der Waals surface area contributed by atoms with E-state index in [0.717, 1.165) is 24.4 Å². The average Bonchev–Trinajstić information content (AvgIpc) is 2.77. The van der Waals surface area contributed by atoms with Crippen LogP contribution in [-0.2, 0) is 26.4 Å². The van der Waals surface area contributed by atoms with Gasteiger partial charge in [-0.3, -0.25) is 4.68 Å². The molecule has 0 saturated carbocycles. The predicted molar refractivity (Wildman–Crippen MR) is 69.3 cm³/mol. The lowest BCUT2D eigenvalue weighted by Gasteiger charge is -2.07. The van der Waals surface area contributed by atoms with Gasteiger partial charge in [-0.2, -0.15) is 5.10 Å². The van der Waals surface area contributed by atoms with Crippen molar-refractivity contribution in [3.05, 3.63) is 41.5 Å². The molecule has 2 N–H and O–H groups in total. The number of nitrogens with two attached hydrogens (primary N) is 1. The summed E-state index contributed by atoms with van der Waals surface area (Å²) in [5.74, 6) is 2.55. The van der Waals surface area contributed by atoms with E-state index in [1.807, 2.05) is 25.2 Å². The van der Waals surface area contributed by atoms with Crippen molar-refractivity contribution in [2.24, 2.45) is 12.8 Å². The molecule has 5 nitrogen and oxygen atoms in total. The van der Waals surface area contributed by atoms with Gasteiger partial charge >= 0.3 is 0 Å². The topological polar surface area (TPSA) is 66.0 Å². The van der Waals surface area contributed by atoms with Crippen molar-refractivity contribution in [1.29, 1.82) is 0 Å². The molecule has 2 rings (SSSR count). The maximum Gasteiger partial charge on any atom is 0.164 e. The van der Waals surface area contributed by atoms with Crippen LogP contribution in [0.2, 0.25) is 0 Å². The molecule has 0 aliphatic heterocycles. The molecule has 0 bridgehead atoms. The molecular weight excluding hydrogens is 228 g/mol. The first-order chi connectivity index (χ1) is 8.74. The van der Waals surface area contributed by atoms with Gasteiger partial charge in [0.2, 0.25) is 0 Å². The summed E-state index contributed by atoms with van der Waals surface area (Å²) < 4.78 is 7.12. The van der Waals surface area contributed by atoms with Crippen LogP contribution in [0, 0.1) is 0 Å². The van der Waals surface area contributed by atoms with Crippen molar-refractivity contribution in [1.82, 2.24) is 14.8 Å². The number of benzene rings is 1. The van der Waals surface area contributed by atoms with Crippen molar-refractivity contribution >= 4 is 0 Å². The maximum atomic E-state index is 5.53. The molecule has 5 heteroatoms. The third-order valence-electron chi connectivity index (χ3n) is 2.89. The normalized spacial score (nSPS) is 10.6. The number of hydrogen-bond acceptors (Lipinski definition) is 4. The van der Waals surface area contributed by atoms with Gasteiger partial charge in [-0.1, -0.05) is 18.2 Å². The quantitative estimate of drug-likeness (QED) is 0.857. The third-order valence-corrected chi connectivity index (χ3v) is 2.89. The molecule has 0 radical (unpaired) electrons. The Morgan fingerprint density at radius 3 is 2.72 bits per heavy atom. The van der Waals surface area contributed by atoms with Crippen LogP contribution in [0.3, 0.4) is 0 Å². The van der Waals surface area contributed by atoms with Gasteiger partial charge in [0, 0.05) is 13.5 Å². The lowest BCUT2D eigenvalue weighted by molar-refractivity contribution is 0.409. The van der Waals surface area contributed by atoms with Crippen molar-refractivity contribution < 1.29 is 4.74 Å². The molecule has 0 amide bonds. The number of aromatic nitrogens is 3. The minimum Gasteiger partial charge on any atom is -0.496 e. The van der Waals surface area contributed by atoms with Crippen LogP contribution in [0.4, 0.5) is 0 Å². The van der Waals surface area contributed by atoms with Gasteiger partial charge in [-0.15, -0.1) is 0 Å². The summed E-state index contributed by atoms with van der Waals surface area (Å²) in [4.78, 5) is 4.38. The van der Waals surface area contributed by atoms with Gasteiger partial charge in [0.05, 0.1) is 13.7 Å². The largest absolute Gasteiger partial charge is 0.496 e. The van der Waals surface area contributed by atoms with Gasteiger partial charge < -0.3 is 10.5 Å². The molecule has 0 unspecified atom stereocenters. The minimum atomic E-state index is 0.377. The Bertz CT molecular complexity index is 521. The number of hydrogen-bond donors (Lipinski definition) is 1. The van der Waals surface area contributed by atoms with Crippen LogP contribution in [-0.4, -0.2) is 21.9 Å². The highest BCUT2D eigenvalue weighted by molar-refractivity contribution is 5.33. The molecule has 96 valence electrons. The number of nitrogens with zero attached hydrogens (tertiary/aromatic N) is 3. The molecule has 18 heavy (non-hydrogen) atoms. The Balaban J connectivity index is 2.08. The Morgan fingerprint density at radius 2 is 2.06 bits per heavy atom. The summed E-state index contributed by atoms with van der Waals surface area (Å²) in [5, 5.41) is 4.23. The van der Waals surface area contributed by atoms with Crippen molar-refractivity contribution in [2.45, 2.75) is 19.4 Å². The molecule has 1 aromatic carbocycles. The smallest absolute Gasteiger partial charge is 0.164 e. The van der Waals surface area contributed by atoms with Crippen LogP contribution in [0.5, 0.6) is 5.75 Å². The minimum absolute atomic E-state index is 0.377. The molecule has 2 aromatic rings. The molecule has 0 fully saturated rings. The molecule has 0 spiro atoms. The van der Waals surface area contributed by atoms with Gasteiger partial charge in [0.15, 0.2) is 5.82 Å². The maximum absolute atomic E-state index is 5.53. The zero-order chi connectivity index (χ0) is 13.0. The van der Waals surface area contributed by atoms with Crippen LogP contribution < -0.4 is 10.5 Å². The second-order valence-electron chi connectivity index (χ2n) is 4.08. The van der Waals surface area contributed by atoms with E-state index in [2.05, 4.69) is 16.1 Å². The van der Waals surface area contributed by atoms with Gasteiger partial charge in [0.25, 0.3) is 0 Å². The highest BCUT2D eigenvalue weighted by atomic mass is 16.5. The van der Waals surface area contributed by atoms with Crippen LogP contribution in [0.15, 0.2) is 24.3 Å². The zero-order valence-electron chi connectivity index (χ0n) is 10.8. The van der Waals surface area contributed by atoms with E-state index >= 15 is 0 Å². The highest BCUT2D eigenvalue weighted by Crippen LogP contribution is 2.18. The molecule has 1 aromatic heterocycles. The zero-order valence-corrected chi connectivity index (χ0v) is 10.8. The molecule has 0 aliphatic carbocycles. The SMILES string of the molecule is COc1ccccc1CCc1nc(CN)nn1C. The first kappa shape index (κ1) is 12.6. The number of methoxy groups -OCH3 is 1. The lowest BCUT2D eigenvalue weighted by atomic mass is 10.1. The van der Waals surface area contributed by atoms with Crippen molar-refractivity contribution in [2.75, 3.05) is 7.11 Å². The predicted octanol–water partition coefficient (Wildman–Crippen LogP) is 1.07. The van der Waals surface area contributed by atoms with Gasteiger partial charge in [-0.05, 0) is 18.1 Å². The van der Waals surface area contributed by atoms with E-state index < -0.39 is 0 Å². The van der Waals surface area contributed by atoms with Crippen LogP contribution in [0.1, 0.15) is 17.2 Å². The number of aryl methyl sites for hydroxylation is 3. The van der Waals surface area contributed by atoms with Gasteiger partial charge in [-0.25, -0.2) is 4.98 Å². The summed E-state index contributed by atoms with van der Waals surface area (Å²) in [5.41, 5.74) is 6.70. The van der Waals surface area contributed by atoms with Crippen LogP contribution >= 0.6 is 0 Å². The fraction of sp³-hybridized carbons (Fsp3) is 0.385. The fourth-order valence-corrected chi connectivity index (χ4v) is 1.93. The van der Waals surface area contributed by atoms with Gasteiger partial charge in [0.1, 0.15) is 11.6 Å². The monoisotopic (exact) mass is 246 g/mol.